The zero-order valence-electron chi connectivity index (χ0n) is 14.2. The van der Waals surface area contributed by atoms with E-state index in [0.717, 1.165) is 25.9 Å². The molecular weight excluding hydrogens is 302 g/mol. The van der Waals surface area contributed by atoms with Gasteiger partial charge in [-0.2, -0.15) is 0 Å². The lowest BCUT2D eigenvalue weighted by atomic mass is 10.1. The van der Waals surface area contributed by atoms with Crippen LogP contribution in [0.2, 0.25) is 0 Å². The monoisotopic (exact) mass is 329 g/mol. The third-order valence-electron chi connectivity index (χ3n) is 5.01. The molecule has 24 heavy (non-hydrogen) atoms. The zero-order chi connectivity index (χ0) is 16.8. The first-order chi connectivity index (χ1) is 11.7. The Balaban J connectivity index is 1.56. The van der Waals surface area contributed by atoms with Crippen molar-refractivity contribution >= 4 is 11.8 Å². The molecule has 2 aliphatic heterocycles. The van der Waals surface area contributed by atoms with Gasteiger partial charge in [-0.25, -0.2) is 0 Å². The van der Waals surface area contributed by atoms with Gasteiger partial charge in [-0.15, -0.1) is 0 Å². The summed E-state index contributed by atoms with van der Waals surface area (Å²) in [6.07, 6.45) is 4.97. The largest absolute Gasteiger partial charge is 0.353 e. The van der Waals surface area contributed by atoms with Gasteiger partial charge in [0.15, 0.2) is 0 Å². The fourth-order valence-corrected chi connectivity index (χ4v) is 3.65. The molecule has 2 amide bonds. The van der Waals surface area contributed by atoms with Crippen molar-refractivity contribution in [1.82, 2.24) is 15.1 Å². The molecule has 3 rings (SSSR count). The number of likely N-dealkylation sites (tertiary alicyclic amines) is 2. The van der Waals surface area contributed by atoms with E-state index in [4.69, 9.17) is 0 Å². The van der Waals surface area contributed by atoms with Gasteiger partial charge in [-0.3, -0.25) is 14.5 Å². The number of rotatable bonds is 6. The number of carbonyl (C=O) groups is 2. The molecule has 2 aliphatic rings. The van der Waals surface area contributed by atoms with Crippen LogP contribution in [0.4, 0.5) is 0 Å². The number of benzene rings is 1. The van der Waals surface area contributed by atoms with Crippen LogP contribution in [-0.2, 0) is 9.59 Å². The predicted molar refractivity (Wildman–Crippen MR) is 93.4 cm³/mol. The number of piperidine rings is 1. The smallest absolute Gasteiger partial charge is 0.239 e. The minimum absolute atomic E-state index is 0.0506. The van der Waals surface area contributed by atoms with Gasteiger partial charge in [0.1, 0.15) is 0 Å². The molecule has 0 aromatic heterocycles. The van der Waals surface area contributed by atoms with E-state index in [9.17, 15) is 9.59 Å². The maximum absolute atomic E-state index is 12.3. The van der Waals surface area contributed by atoms with Gasteiger partial charge in [0.2, 0.25) is 11.8 Å². The molecule has 5 heteroatoms. The molecule has 5 nitrogen and oxygen atoms in total. The highest BCUT2D eigenvalue weighted by Gasteiger charge is 2.25. The number of hydrogen-bond acceptors (Lipinski definition) is 3. The summed E-state index contributed by atoms with van der Waals surface area (Å²) in [5, 5.41) is 3.05. The average molecular weight is 329 g/mol. The van der Waals surface area contributed by atoms with Crippen LogP contribution in [0.1, 0.15) is 43.7 Å². The lowest BCUT2D eigenvalue weighted by Crippen LogP contribution is -2.45. The summed E-state index contributed by atoms with van der Waals surface area (Å²) in [5.74, 6) is 0.0564. The Morgan fingerprint density at radius 1 is 1.04 bits per heavy atom. The molecule has 0 spiro atoms. The molecule has 1 aromatic rings. The van der Waals surface area contributed by atoms with Crippen molar-refractivity contribution in [2.24, 2.45) is 0 Å². The van der Waals surface area contributed by atoms with Crippen LogP contribution in [0.3, 0.4) is 0 Å². The average Bonchev–Trinajstić information content (AvgIpc) is 3.12. The van der Waals surface area contributed by atoms with E-state index in [1.54, 1.807) is 4.90 Å². The third-order valence-corrected chi connectivity index (χ3v) is 5.01. The van der Waals surface area contributed by atoms with Gasteiger partial charge in [-0.05, 0) is 44.3 Å². The van der Waals surface area contributed by atoms with E-state index in [1.807, 2.05) is 18.2 Å². The summed E-state index contributed by atoms with van der Waals surface area (Å²) in [6.45, 7) is 3.67. The Bertz CT molecular complexity index is 555. The van der Waals surface area contributed by atoms with Crippen LogP contribution in [0.25, 0.3) is 0 Å². The highest BCUT2D eigenvalue weighted by atomic mass is 16.2. The summed E-state index contributed by atoms with van der Waals surface area (Å²) in [6, 6.07) is 10.6. The van der Waals surface area contributed by atoms with Crippen LogP contribution in [0.5, 0.6) is 0 Å². The summed E-state index contributed by atoms with van der Waals surface area (Å²) < 4.78 is 0. The first kappa shape index (κ1) is 17.0. The van der Waals surface area contributed by atoms with Gasteiger partial charge < -0.3 is 10.2 Å². The molecule has 2 fully saturated rings. The topological polar surface area (TPSA) is 52.7 Å². The Kier molecular flexibility index (Phi) is 5.86. The number of nitrogens with zero attached hydrogens (tertiary/aromatic N) is 2. The van der Waals surface area contributed by atoms with Gasteiger partial charge in [0, 0.05) is 19.5 Å². The fourth-order valence-electron chi connectivity index (χ4n) is 3.65. The minimum atomic E-state index is -0.0506. The summed E-state index contributed by atoms with van der Waals surface area (Å²) in [4.78, 5) is 28.3. The lowest BCUT2D eigenvalue weighted by Gasteiger charge is -2.29. The van der Waals surface area contributed by atoms with Gasteiger partial charge in [-0.1, -0.05) is 30.3 Å². The van der Waals surface area contributed by atoms with Crippen LogP contribution >= 0.6 is 0 Å². The van der Waals surface area contributed by atoms with Crippen molar-refractivity contribution in [3.05, 3.63) is 35.9 Å². The molecule has 2 heterocycles. The second-order valence-electron chi connectivity index (χ2n) is 6.75. The molecule has 0 radical (unpaired) electrons. The van der Waals surface area contributed by atoms with E-state index >= 15 is 0 Å². The minimum Gasteiger partial charge on any atom is -0.353 e. The van der Waals surface area contributed by atoms with Gasteiger partial charge in [0.05, 0.1) is 12.6 Å². The van der Waals surface area contributed by atoms with Crippen LogP contribution < -0.4 is 5.32 Å². The maximum Gasteiger partial charge on any atom is 0.239 e. The van der Waals surface area contributed by atoms with E-state index in [0.29, 0.717) is 19.5 Å². The Morgan fingerprint density at radius 2 is 1.75 bits per heavy atom. The van der Waals surface area contributed by atoms with Crippen molar-refractivity contribution < 1.29 is 9.59 Å². The van der Waals surface area contributed by atoms with Crippen molar-refractivity contribution in [1.29, 1.82) is 0 Å². The molecule has 0 saturated carbocycles. The highest BCUT2D eigenvalue weighted by Crippen LogP contribution is 2.24. The molecule has 0 bridgehead atoms. The normalized spacial score (nSPS) is 20.2. The molecule has 1 unspecified atom stereocenters. The Labute approximate surface area is 144 Å². The highest BCUT2D eigenvalue weighted by molar-refractivity contribution is 5.85. The van der Waals surface area contributed by atoms with Crippen molar-refractivity contribution in [2.75, 3.05) is 32.7 Å². The van der Waals surface area contributed by atoms with E-state index in [-0.39, 0.29) is 24.4 Å². The Hall–Kier alpha value is -1.88. The molecule has 1 N–H and O–H groups in total. The first-order valence-electron chi connectivity index (χ1n) is 9.07. The molecule has 0 aliphatic carbocycles. The van der Waals surface area contributed by atoms with Gasteiger partial charge >= 0.3 is 0 Å². The number of hydrogen-bond donors (Lipinski definition) is 1. The SMILES string of the molecule is O=C(CN1CCCCC1=O)NCC(c1ccccc1)N1CCCC1. The van der Waals surface area contributed by atoms with Crippen molar-refractivity contribution in [2.45, 2.75) is 38.1 Å². The number of amides is 2. The zero-order valence-corrected chi connectivity index (χ0v) is 14.2. The standard InChI is InChI=1S/C19H27N3O2/c23-18(15-22-13-5-4-10-19(22)24)20-14-17(21-11-6-7-12-21)16-8-2-1-3-9-16/h1-3,8-9,17H,4-7,10-15H2,(H,20,23). The van der Waals surface area contributed by atoms with E-state index in [2.05, 4.69) is 22.3 Å². The number of nitrogens with one attached hydrogen (secondary N) is 1. The molecule has 2 saturated heterocycles. The molecule has 1 aromatic carbocycles. The van der Waals surface area contributed by atoms with E-state index < -0.39 is 0 Å². The van der Waals surface area contributed by atoms with Crippen LogP contribution in [-0.4, -0.2) is 54.3 Å². The Morgan fingerprint density at radius 3 is 2.46 bits per heavy atom. The first-order valence-corrected chi connectivity index (χ1v) is 9.07. The molecular formula is C19H27N3O2. The lowest BCUT2D eigenvalue weighted by molar-refractivity contribution is -0.137. The summed E-state index contributed by atoms with van der Waals surface area (Å²) in [7, 11) is 0. The third kappa shape index (κ3) is 4.35. The van der Waals surface area contributed by atoms with Crippen LogP contribution in [0.15, 0.2) is 30.3 Å². The molecule has 1 atom stereocenters. The van der Waals surface area contributed by atoms with Crippen LogP contribution in [0, 0.1) is 0 Å². The van der Waals surface area contributed by atoms with E-state index in [1.165, 1.54) is 18.4 Å². The molecule has 130 valence electrons. The summed E-state index contributed by atoms with van der Waals surface area (Å²) >= 11 is 0. The second kappa shape index (κ2) is 8.29. The van der Waals surface area contributed by atoms with Gasteiger partial charge in [0.25, 0.3) is 0 Å². The maximum atomic E-state index is 12.3. The summed E-state index contributed by atoms with van der Waals surface area (Å²) in [5.41, 5.74) is 1.24. The van der Waals surface area contributed by atoms with Crippen molar-refractivity contribution in [3.63, 3.8) is 0 Å². The van der Waals surface area contributed by atoms with Crippen molar-refractivity contribution in [3.8, 4) is 0 Å². The fraction of sp³-hybridized carbons (Fsp3) is 0.579. The second-order valence-corrected chi connectivity index (χ2v) is 6.75. The number of carbonyl (C=O) groups excluding carboxylic acids is 2. The quantitative estimate of drug-likeness (QED) is 0.868. The predicted octanol–water partition coefficient (Wildman–Crippen LogP) is 1.95.